The lowest BCUT2D eigenvalue weighted by molar-refractivity contribution is -0.132. The predicted octanol–water partition coefficient (Wildman–Crippen LogP) is 1.27. The average Bonchev–Trinajstić information content (AvgIpc) is 2.64. The number of carbonyl (C=O) groups is 2. The minimum absolute atomic E-state index is 0.116. The molecule has 1 heterocycles. The van der Waals surface area contributed by atoms with Crippen LogP contribution < -0.4 is 5.32 Å². The van der Waals surface area contributed by atoms with Crippen molar-refractivity contribution in [2.45, 2.75) is 32.1 Å². The first kappa shape index (κ1) is 21.2. The Kier molecular flexibility index (Phi) is 7.20. The normalized spacial score (nSPS) is 15.4. The summed E-state index contributed by atoms with van der Waals surface area (Å²) < 4.78 is 31.7. The highest BCUT2D eigenvalue weighted by molar-refractivity contribution is 7.89. The van der Waals surface area contributed by atoms with Crippen molar-refractivity contribution in [1.82, 2.24) is 14.5 Å². The zero-order chi connectivity index (χ0) is 20.0. The number of amides is 2. The number of nitrogens with one attached hydrogen (secondary N) is 1. The van der Waals surface area contributed by atoms with Crippen LogP contribution in [0, 0.1) is 13.8 Å². The third-order valence-electron chi connectivity index (χ3n) is 4.59. The van der Waals surface area contributed by atoms with E-state index in [-0.39, 0.29) is 43.5 Å². The molecule has 0 saturated carbocycles. The zero-order valence-corrected chi connectivity index (χ0v) is 16.8. The van der Waals surface area contributed by atoms with Crippen LogP contribution in [0.5, 0.6) is 0 Å². The molecule has 0 aromatic heterocycles. The maximum Gasteiger partial charge on any atom is 0.407 e. The molecule has 1 aromatic rings. The molecule has 1 aromatic carbocycles. The van der Waals surface area contributed by atoms with Gasteiger partial charge in [-0.1, -0.05) is 6.07 Å². The summed E-state index contributed by atoms with van der Waals surface area (Å²) in [5.74, 6) is -0.116. The van der Waals surface area contributed by atoms with Crippen molar-refractivity contribution in [2.75, 3.05) is 39.3 Å². The van der Waals surface area contributed by atoms with Gasteiger partial charge in [-0.2, -0.15) is 4.31 Å². The van der Waals surface area contributed by atoms with E-state index in [1.807, 2.05) is 13.8 Å². The van der Waals surface area contributed by atoms with Crippen molar-refractivity contribution in [3.8, 4) is 0 Å². The number of carbonyl (C=O) groups excluding carboxylic acids is 2. The summed E-state index contributed by atoms with van der Waals surface area (Å²) in [4.78, 5) is 25.3. The summed E-state index contributed by atoms with van der Waals surface area (Å²) in [6.45, 7) is 7.18. The lowest BCUT2D eigenvalue weighted by Gasteiger charge is -2.34. The number of sulfonamides is 1. The topological polar surface area (TPSA) is 96.0 Å². The number of alkyl carbamates (subject to hydrolysis) is 1. The van der Waals surface area contributed by atoms with Gasteiger partial charge in [0.1, 0.15) is 0 Å². The number of ether oxygens (including phenoxy) is 1. The van der Waals surface area contributed by atoms with Gasteiger partial charge in [-0.3, -0.25) is 4.79 Å². The predicted molar refractivity (Wildman–Crippen MR) is 101 cm³/mol. The first-order valence-electron chi connectivity index (χ1n) is 9.01. The highest BCUT2D eigenvalue weighted by Gasteiger charge is 2.30. The fourth-order valence-electron chi connectivity index (χ4n) is 2.81. The molecule has 8 nitrogen and oxygen atoms in total. The maximum atomic E-state index is 12.8. The average molecular weight is 397 g/mol. The second kappa shape index (κ2) is 9.18. The van der Waals surface area contributed by atoms with Gasteiger partial charge in [0.05, 0.1) is 11.5 Å². The van der Waals surface area contributed by atoms with Crippen molar-refractivity contribution >= 4 is 22.0 Å². The fourth-order valence-corrected chi connectivity index (χ4v) is 4.32. The molecule has 9 heteroatoms. The highest BCUT2D eigenvalue weighted by atomic mass is 32.2. The molecule has 1 aliphatic rings. The van der Waals surface area contributed by atoms with E-state index in [2.05, 4.69) is 5.32 Å². The quantitative estimate of drug-likeness (QED) is 0.780. The van der Waals surface area contributed by atoms with Gasteiger partial charge >= 0.3 is 6.09 Å². The molecule has 0 spiro atoms. The van der Waals surface area contributed by atoms with Crippen LogP contribution in [-0.4, -0.2) is 69.0 Å². The van der Waals surface area contributed by atoms with E-state index < -0.39 is 16.1 Å². The summed E-state index contributed by atoms with van der Waals surface area (Å²) in [5.41, 5.74) is 1.97. The molecule has 0 radical (unpaired) electrons. The molecule has 1 saturated heterocycles. The Labute approximate surface area is 160 Å². The minimum Gasteiger partial charge on any atom is -0.450 e. The van der Waals surface area contributed by atoms with Crippen molar-refractivity contribution in [1.29, 1.82) is 0 Å². The monoisotopic (exact) mass is 397 g/mol. The van der Waals surface area contributed by atoms with E-state index >= 15 is 0 Å². The van der Waals surface area contributed by atoms with E-state index in [4.69, 9.17) is 4.74 Å². The summed E-state index contributed by atoms with van der Waals surface area (Å²) in [6, 6.07) is 5.11. The van der Waals surface area contributed by atoms with E-state index in [1.165, 1.54) is 4.31 Å². The molecule has 150 valence electrons. The van der Waals surface area contributed by atoms with Gasteiger partial charge in [-0.15, -0.1) is 0 Å². The van der Waals surface area contributed by atoms with Crippen LogP contribution in [0.3, 0.4) is 0 Å². The van der Waals surface area contributed by atoms with Crippen molar-refractivity contribution in [3.63, 3.8) is 0 Å². The molecule has 0 aliphatic carbocycles. The largest absolute Gasteiger partial charge is 0.450 e. The Morgan fingerprint density at radius 3 is 2.37 bits per heavy atom. The molecule has 0 bridgehead atoms. The maximum absolute atomic E-state index is 12.8. The number of benzene rings is 1. The molecule has 1 N–H and O–H groups in total. The lowest BCUT2D eigenvalue weighted by atomic mass is 10.1. The third kappa shape index (κ3) is 5.43. The zero-order valence-electron chi connectivity index (χ0n) is 16.0. The smallest absolute Gasteiger partial charge is 0.407 e. The molecule has 1 aliphatic heterocycles. The molecule has 0 atom stereocenters. The minimum atomic E-state index is -3.56. The SMILES string of the molecule is CCOC(=O)NCCC(=O)N1CCN(S(=O)(=O)c2ccc(C)c(C)c2)CC1. The van der Waals surface area contributed by atoms with Gasteiger partial charge in [0, 0.05) is 39.1 Å². The number of hydrogen-bond acceptors (Lipinski definition) is 5. The summed E-state index contributed by atoms with van der Waals surface area (Å²) in [6.07, 6.45) is -0.391. The van der Waals surface area contributed by atoms with Crippen LogP contribution in [-0.2, 0) is 19.6 Å². The van der Waals surface area contributed by atoms with Crippen LogP contribution in [0.1, 0.15) is 24.5 Å². The van der Waals surface area contributed by atoms with Crippen LogP contribution in [0.2, 0.25) is 0 Å². The van der Waals surface area contributed by atoms with Crippen LogP contribution >= 0.6 is 0 Å². The fraction of sp³-hybridized carbons (Fsp3) is 0.556. The van der Waals surface area contributed by atoms with Gasteiger partial charge < -0.3 is 15.0 Å². The first-order valence-corrected chi connectivity index (χ1v) is 10.5. The van der Waals surface area contributed by atoms with Gasteiger partial charge in [0.25, 0.3) is 0 Å². The van der Waals surface area contributed by atoms with Crippen LogP contribution in [0.4, 0.5) is 4.79 Å². The van der Waals surface area contributed by atoms with E-state index in [1.54, 1.807) is 30.0 Å². The van der Waals surface area contributed by atoms with Crippen LogP contribution in [0.15, 0.2) is 23.1 Å². The van der Waals surface area contributed by atoms with Crippen LogP contribution in [0.25, 0.3) is 0 Å². The molecule has 2 amide bonds. The third-order valence-corrected chi connectivity index (χ3v) is 6.49. The number of aryl methyl sites for hydroxylation is 2. The Morgan fingerprint density at radius 2 is 1.78 bits per heavy atom. The lowest BCUT2D eigenvalue weighted by Crippen LogP contribution is -2.50. The second-order valence-electron chi connectivity index (χ2n) is 6.43. The van der Waals surface area contributed by atoms with E-state index in [0.717, 1.165) is 11.1 Å². The molecule has 0 unspecified atom stereocenters. The first-order chi connectivity index (χ1) is 12.8. The van der Waals surface area contributed by atoms with Crippen molar-refractivity contribution in [3.05, 3.63) is 29.3 Å². The van der Waals surface area contributed by atoms with Crippen molar-refractivity contribution in [2.24, 2.45) is 0 Å². The summed E-state index contributed by atoms with van der Waals surface area (Å²) >= 11 is 0. The number of rotatable bonds is 6. The number of nitrogens with zero attached hydrogens (tertiary/aromatic N) is 2. The Bertz CT molecular complexity index is 786. The summed E-state index contributed by atoms with van der Waals surface area (Å²) in [5, 5.41) is 2.50. The highest BCUT2D eigenvalue weighted by Crippen LogP contribution is 2.20. The number of piperazine rings is 1. The van der Waals surface area contributed by atoms with Gasteiger partial charge in [-0.05, 0) is 44.0 Å². The summed E-state index contributed by atoms with van der Waals surface area (Å²) in [7, 11) is -3.56. The van der Waals surface area contributed by atoms with E-state index in [9.17, 15) is 18.0 Å². The standard InChI is InChI=1S/C18H27N3O5S/c1-4-26-18(23)19-8-7-17(22)20-9-11-21(12-10-20)27(24,25)16-6-5-14(2)15(3)13-16/h5-6,13H,4,7-12H2,1-3H3,(H,19,23). The second-order valence-corrected chi connectivity index (χ2v) is 8.37. The Balaban J connectivity index is 1.87. The Hall–Kier alpha value is -2.13. The van der Waals surface area contributed by atoms with Crippen molar-refractivity contribution < 1.29 is 22.7 Å². The molecule has 2 rings (SSSR count). The Morgan fingerprint density at radius 1 is 1.11 bits per heavy atom. The van der Waals surface area contributed by atoms with E-state index in [0.29, 0.717) is 13.1 Å². The molecular weight excluding hydrogens is 370 g/mol. The van der Waals surface area contributed by atoms with Gasteiger partial charge in [-0.25, -0.2) is 13.2 Å². The molecular formula is C18H27N3O5S. The molecule has 1 fully saturated rings. The van der Waals surface area contributed by atoms with Gasteiger partial charge in [0.15, 0.2) is 0 Å². The molecule has 27 heavy (non-hydrogen) atoms. The van der Waals surface area contributed by atoms with Gasteiger partial charge in [0.2, 0.25) is 15.9 Å². The number of hydrogen-bond donors (Lipinski definition) is 1.